The molecule has 0 unspecified atom stereocenters. The molecule has 0 spiro atoms. The molecule has 1 fully saturated rings. The van der Waals surface area contributed by atoms with Crippen LogP contribution in [-0.2, 0) is 20.8 Å². The second kappa shape index (κ2) is 7.12. The molecule has 0 saturated carbocycles. The molecule has 3 aliphatic heterocycles. The Morgan fingerprint density at radius 1 is 1.30 bits per heavy atom. The summed E-state index contributed by atoms with van der Waals surface area (Å²) in [6.45, 7) is 3.89. The number of hydrogen-bond donors (Lipinski definition) is 0. The largest absolute Gasteiger partial charge is 0.459 e. The Morgan fingerprint density at radius 3 is 2.93 bits per heavy atom. The van der Waals surface area contributed by atoms with E-state index in [9.17, 15) is 14.9 Å². The van der Waals surface area contributed by atoms with Gasteiger partial charge in [0.25, 0.3) is 5.09 Å². The van der Waals surface area contributed by atoms with Crippen LogP contribution in [0.1, 0.15) is 43.5 Å². The number of carbonyl (C=O) groups is 1. The van der Waals surface area contributed by atoms with Crippen LogP contribution >= 0.6 is 0 Å². The molecule has 1 aromatic heterocycles. The van der Waals surface area contributed by atoms with Crippen molar-refractivity contribution >= 4 is 22.6 Å². The third-order valence-electron chi connectivity index (χ3n) is 6.97. The minimum absolute atomic E-state index is 0.108. The van der Waals surface area contributed by atoms with E-state index in [1.807, 2.05) is 12.1 Å². The fourth-order valence-corrected chi connectivity index (χ4v) is 5.75. The predicted molar refractivity (Wildman–Crippen MR) is 110 cm³/mol. The van der Waals surface area contributed by atoms with Crippen LogP contribution in [0.15, 0.2) is 30.3 Å². The molecule has 2 aromatic rings. The van der Waals surface area contributed by atoms with Gasteiger partial charge in [-0.05, 0) is 49.9 Å². The van der Waals surface area contributed by atoms with E-state index in [4.69, 9.17) is 4.74 Å². The van der Waals surface area contributed by atoms with Crippen LogP contribution in [0.3, 0.4) is 0 Å². The van der Waals surface area contributed by atoms with E-state index >= 15 is 0 Å². The van der Waals surface area contributed by atoms with Crippen molar-refractivity contribution in [3.05, 3.63) is 51.7 Å². The lowest BCUT2D eigenvalue weighted by molar-refractivity contribution is -0.757. The maximum atomic E-state index is 13.1. The van der Waals surface area contributed by atoms with Gasteiger partial charge in [0.2, 0.25) is 0 Å². The number of fused-ring (bicyclic) bond motifs is 3. The molecule has 0 aliphatic carbocycles. The summed E-state index contributed by atoms with van der Waals surface area (Å²) < 4.78 is 7.47. The topological polar surface area (TPSA) is 86.8 Å². The van der Waals surface area contributed by atoms with E-state index in [2.05, 4.69) is 39.4 Å². The molecule has 30 heavy (non-hydrogen) atoms. The number of benzene rings is 1. The van der Waals surface area contributed by atoms with Crippen molar-refractivity contribution in [1.29, 1.82) is 0 Å². The SMILES string of the molecule is CC[C@]12C=C(C(=O)OCCO[N+](=O)[O-])n3c4c(c5ccccc53)CCN(CCC1)[C@@H]42. The zero-order chi connectivity index (χ0) is 20.9. The standard InChI is InChI=1S/C22H25N3O5/c1-2-22-9-5-10-23-11-8-16-15-6-3-4-7-17(15)24(19(16)20(22)23)18(14-22)21(26)29-12-13-30-25(27)28/h3-4,6-7,14,20H,2,5,8-13H2,1H3/t20-,22+/m0/s1. The quantitative estimate of drug-likeness (QED) is 0.314. The predicted octanol–water partition coefficient (Wildman–Crippen LogP) is 3.34. The number of esters is 1. The summed E-state index contributed by atoms with van der Waals surface area (Å²) in [5, 5.41) is 10.7. The monoisotopic (exact) mass is 411 g/mol. The van der Waals surface area contributed by atoms with Crippen LogP contribution in [-0.4, -0.2) is 46.8 Å². The Hall–Kier alpha value is -2.87. The second-order valence-electron chi connectivity index (χ2n) is 8.32. The molecule has 0 bridgehead atoms. The van der Waals surface area contributed by atoms with E-state index in [0.29, 0.717) is 5.70 Å². The molecule has 0 N–H and O–H groups in total. The maximum absolute atomic E-state index is 13.1. The molecule has 2 atom stereocenters. The van der Waals surface area contributed by atoms with Gasteiger partial charge >= 0.3 is 5.97 Å². The molecular weight excluding hydrogens is 386 g/mol. The van der Waals surface area contributed by atoms with Gasteiger partial charge in [0.15, 0.2) is 0 Å². The van der Waals surface area contributed by atoms with Gasteiger partial charge in [0.1, 0.15) is 18.9 Å². The van der Waals surface area contributed by atoms with Crippen LogP contribution in [0.5, 0.6) is 0 Å². The van der Waals surface area contributed by atoms with Crippen LogP contribution in [0.25, 0.3) is 16.6 Å². The summed E-state index contributed by atoms with van der Waals surface area (Å²) in [5.74, 6) is -0.459. The van der Waals surface area contributed by atoms with E-state index in [1.165, 1.54) is 16.6 Å². The first kappa shape index (κ1) is 19.1. The van der Waals surface area contributed by atoms with Crippen LogP contribution in [0.4, 0.5) is 0 Å². The van der Waals surface area contributed by atoms with Crippen molar-refractivity contribution in [3.8, 4) is 0 Å². The smallest absolute Gasteiger partial charge is 0.355 e. The number of aromatic nitrogens is 1. The van der Waals surface area contributed by atoms with Crippen LogP contribution in [0.2, 0.25) is 0 Å². The molecule has 8 nitrogen and oxygen atoms in total. The van der Waals surface area contributed by atoms with Gasteiger partial charge in [-0.1, -0.05) is 25.1 Å². The van der Waals surface area contributed by atoms with Gasteiger partial charge < -0.3 is 14.1 Å². The van der Waals surface area contributed by atoms with E-state index in [0.717, 1.165) is 44.3 Å². The summed E-state index contributed by atoms with van der Waals surface area (Å²) in [5.41, 5.74) is 3.99. The lowest BCUT2D eigenvalue weighted by Crippen LogP contribution is -2.51. The number of carbonyl (C=O) groups excluding carboxylic acids is 1. The van der Waals surface area contributed by atoms with E-state index in [1.54, 1.807) is 0 Å². The molecule has 1 aromatic carbocycles. The summed E-state index contributed by atoms with van der Waals surface area (Å²) in [7, 11) is 0. The van der Waals surface area contributed by atoms with E-state index < -0.39 is 11.1 Å². The molecule has 5 rings (SSSR count). The molecule has 158 valence electrons. The molecule has 0 radical (unpaired) electrons. The van der Waals surface area contributed by atoms with Gasteiger partial charge in [-0.25, -0.2) is 4.79 Å². The van der Waals surface area contributed by atoms with Gasteiger partial charge in [0, 0.05) is 23.0 Å². The molecule has 1 saturated heterocycles. The van der Waals surface area contributed by atoms with E-state index in [-0.39, 0.29) is 24.7 Å². The molecule has 4 heterocycles. The normalized spacial score (nSPS) is 24.8. The third-order valence-corrected chi connectivity index (χ3v) is 6.97. The number of para-hydroxylation sites is 1. The minimum Gasteiger partial charge on any atom is -0.459 e. The summed E-state index contributed by atoms with van der Waals surface area (Å²) in [6, 6.07) is 8.49. The minimum atomic E-state index is -0.878. The first-order chi connectivity index (χ1) is 14.6. The zero-order valence-corrected chi connectivity index (χ0v) is 17.0. The van der Waals surface area contributed by atoms with Crippen molar-refractivity contribution in [2.45, 2.75) is 38.6 Å². The first-order valence-electron chi connectivity index (χ1n) is 10.6. The average molecular weight is 411 g/mol. The second-order valence-corrected chi connectivity index (χ2v) is 8.32. The fourth-order valence-electron chi connectivity index (χ4n) is 5.75. The molecule has 3 aliphatic rings. The van der Waals surface area contributed by atoms with Gasteiger partial charge in [0.05, 0.1) is 11.6 Å². The Labute approximate surface area is 174 Å². The molecule has 8 heteroatoms. The lowest BCUT2D eigenvalue weighted by Gasteiger charge is -2.53. The Morgan fingerprint density at radius 2 is 2.13 bits per heavy atom. The third kappa shape index (κ3) is 2.74. The van der Waals surface area contributed by atoms with Crippen molar-refractivity contribution in [3.63, 3.8) is 0 Å². The highest BCUT2D eigenvalue weighted by Gasteiger charge is 2.51. The zero-order valence-electron chi connectivity index (χ0n) is 17.0. The van der Waals surface area contributed by atoms with Gasteiger partial charge in [-0.3, -0.25) is 4.90 Å². The van der Waals surface area contributed by atoms with Gasteiger partial charge in [-0.15, -0.1) is 10.1 Å². The Bertz CT molecular complexity index is 1060. The highest BCUT2D eigenvalue weighted by molar-refractivity contribution is 6.13. The maximum Gasteiger partial charge on any atom is 0.355 e. The highest BCUT2D eigenvalue weighted by Crippen LogP contribution is 2.57. The van der Waals surface area contributed by atoms with Crippen molar-refractivity contribution in [2.75, 3.05) is 26.3 Å². The first-order valence-corrected chi connectivity index (χ1v) is 10.6. The number of rotatable bonds is 6. The van der Waals surface area contributed by atoms with Crippen LogP contribution < -0.4 is 0 Å². The Balaban J connectivity index is 1.62. The van der Waals surface area contributed by atoms with Gasteiger partial charge in [-0.2, -0.15) is 0 Å². The average Bonchev–Trinajstić information content (AvgIpc) is 3.10. The summed E-state index contributed by atoms with van der Waals surface area (Å²) in [6.07, 6.45) is 6.17. The lowest BCUT2D eigenvalue weighted by atomic mass is 9.66. The summed E-state index contributed by atoms with van der Waals surface area (Å²) >= 11 is 0. The summed E-state index contributed by atoms with van der Waals surface area (Å²) in [4.78, 5) is 30.4. The van der Waals surface area contributed by atoms with Crippen molar-refractivity contribution in [1.82, 2.24) is 9.47 Å². The van der Waals surface area contributed by atoms with Crippen LogP contribution in [0, 0.1) is 15.5 Å². The number of nitrogens with zero attached hydrogens (tertiary/aromatic N) is 3. The van der Waals surface area contributed by atoms with Crippen molar-refractivity contribution < 1.29 is 19.5 Å². The number of ether oxygens (including phenoxy) is 1. The number of hydrogen-bond acceptors (Lipinski definition) is 6. The molecular formula is C22H25N3O5. The number of piperidine rings is 1. The molecule has 0 amide bonds. The fraction of sp³-hybridized carbons (Fsp3) is 0.500. The Kier molecular flexibility index (Phi) is 4.54. The van der Waals surface area contributed by atoms with Crippen molar-refractivity contribution in [2.24, 2.45) is 5.41 Å². The highest BCUT2D eigenvalue weighted by atomic mass is 17.0.